The third-order valence-electron chi connectivity index (χ3n) is 3.13. The first-order chi connectivity index (χ1) is 6.74. The molecule has 1 aliphatic rings. The standard InChI is InChI=1S/C12H23ClO/c1-3-7-14-8-6-11-9-10(2)4-5-12(11)13/h10-12H,3-9H2,1-2H3. The Kier molecular flexibility index (Phi) is 5.88. The largest absolute Gasteiger partial charge is 0.381 e. The number of hydrogen-bond donors (Lipinski definition) is 0. The molecule has 0 aliphatic heterocycles. The molecule has 1 nitrogen and oxygen atoms in total. The minimum absolute atomic E-state index is 0.399. The zero-order valence-corrected chi connectivity index (χ0v) is 10.2. The van der Waals surface area contributed by atoms with Crippen LogP contribution in [0, 0.1) is 11.8 Å². The third kappa shape index (κ3) is 4.18. The Labute approximate surface area is 93.2 Å². The Morgan fingerprint density at radius 1 is 1.29 bits per heavy atom. The van der Waals surface area contributed by atoms with Gasteiger partial charge in [-0.2, -0.15) is 0 Å². The van der Waals surface area contributed by atoms with Crippen LogP contribution >= 0.6 is 11.6 Å². The summed E-state index contributed by atoms with van der Waals surface area (Å²) in [6.45, 7) is 6.28. The van der Waals surface area contributed by atoms with Crippen LogP contribution in [0.3, 0.4) is 0 Å². The first-order valence-electron chi connectivity index (χ1n) is 5.95. The van der Waals surface area contributed by atoms with Gasteiger partial charge in [0, 0.05) is 18.6 Å². The molecule has 3 unspecified atom stereocenters. The van der Waals surface area contributed by atoms with Crippen molar-refractivity contribution < 1.29 is 4.74 Å². The van der Waals surface area contributed by atoms with E-state index in [1.165, 1.54) is 19.3 Å². The molecule has 0 spiro atoms. The van der Waals surface area contributed by atoms with Crippen molar-refractivity contribution >= 4 is 11.6 Å². The van der Waals surface area contributed by atoms with Crippen molar-refractivity contribution in [1.82, 2.24) is 0 Å². The van der Waals surface area contributed by atoms with E-state index in [0.29, 0.717) is 11.3 Å². The summed E-state index contributed by atoms with van der Waals surface area (Å²) < 4.78 is 5.51. The highest BCUT2D eigenvalue weighted by Crippen LogP contribution is 2.34. The molecule has 0 aromatic carbocycles. The van der Waals surface area contributed by atoms with Gasteiger partial charge in [-0.3, -0.25) is 0 Å². The lowest BCUT2D eigenvalue weighted by atomic mass is 9.80. The molecule has 84 valence electrons. The van der Waals surface area contributed by atoms with Crippen LogP contribution < -0.4 is 0 Å². The number of halogens is 1. The highest BCUT2D eigenvalue weighted by Gasteiger charge is 2.26. The molecule has 0 N–H and O–H groups in total. The Morgan fingerprint density at radius 2 is 2.07 bits per heavy atom. The summed E-state index contributed by atoms with van der Waals surface area (Å²) in [4.78, 5) is 0. The molecular formula is C12H23ClO. The van der Waals surface area contributed by atoms with Gasteiger partial charge in [-0.05, 0) is 43.9 Å². The van der Waals surface area contributed by atoms with Gasteiger partial charge in [0.05, 0.1) is 0 Å². The SMILES string of the molecule is CCCOCCC1CC(C)CCC1Cl. The van der Waals surface area contributed by atoms with Gasteiger partial charge in [-0.15, -0.1) is 11.6 Å². The van der Waals surface area contributed by atoms with E-state index < -0.39 is 0 Å². The maximum absolute atomic E-state index is 6.31. The average Bonchev–Trinajstić information content (AvgIpc) is 2.18. The lowest BCUT2D eigenvalue weighted by Crippen LogP contribution is -2.25. The van der Waals surface area contributed by atoms with Crippen LogP contribution in [0.15, 0.2) is 0 Å². The first-order valence-corrected chi connectivity index (χ1v) is 6.39. The molecule has 0 aromatic heterocycles. The van der Waals surface area contributed by atoms with Crippen molar-refractivity contribution in [2.75, 3.05) is 13.2 Å². The molecule has 0 aromatic rings. The second-order valence-corrected chi connectivity index (χ2v) is 5.16. The minimum Gasteiger partial charge on any atom is -0.381 e. The summed E-state index contributed by atoms with van der Waals surface area (Å²) in [6.07, 6.45) is 6.06. The summed E-state index contributed by atoms with van der Waals surface area (Å²) in [5.41, 5.74) is 0. The molecule has 1 saturated carbocycles. The normalized spacial score (nSPS) is 33.2. The van der Waals surface area contributed by atoms with Crippen LogP contribution in [0.4, 0.5) is 0 Å². The van der Waals surface area contributed by atoms with E-state index in [4.69, 9.17) is 16.3 Å². The summed E-state index contributed by atoms with van der Waals surface area (Å²) in [5, 5.41) is 0.399. The fraction of sp³-hybridized carbons (Fsp3) is 1.00. The lowest BCUT2D eigenvalue weighted by Gasteiger charge is -2.31. The van der Waals surface area contributed by atoms with Gasteiger partial charge in [0.15, 0.2) is 0 Å². The van der Waals surface area contributed by atoms with Gasteiger partial charge >= 0.3 is 0 Å². The molecule has 1 fully saturated rings. The second kappa shape index (κ2) is 6.68. The zero-order chi connectivity index (χ0) is 10.4. The van der Waals surface area contributed by atoms with Crippen LogP contribution in [0.2, 0.25) is 0 Å². The quantitative estimate of drug-likeness (QED) is 0.503. The number of rotatable bonds is 5. The predicted molar refractivity (Wildman–Crippen MR) is 61.9 cm³/mol. The van der Waals surface area contributed by atoms with Crippen molar-refractivity contribution in [2.45, 2.75) is 51.3 Å². The Bertz CT molecular complexity index is 149. The van der Waals surface area contributed by atoms with E-state index in [2.05, 4.69) is 13.8 Å². The van der Waals surface area contributed by atoms with Crippen molar-refractivity contribution in [3.8, 4) is 0 Å². The van der Waals surface area contributed by atoms with E-state index >= 15 is 0 Å². The van der Waals surface area contributed by atoms with Crippen molar-refractivity contribution in [3.05, 3.63) is 0 Å². The number of ether oxygens (including phenoxy) is 1. The molecule has 3 atom stereocenters. The van der Waals surface area contributed by atoms with Crippen LogP contribution in [0.5, 0.6) is 0 Å². The molecule has 1 rings (SSSR count). The van der Waals surface area contributed by atoms with E-state index in [9.17, 15) is 0 Å². The van der Waals surface area contributed by atoms with Crippen molar-refractivity contribution in [1.29, 1.82) is 0 Å². The van der Waals surface area contributed by atoms with Gasteiger partial charge < -0.3 is 4.74 Å². The summed E-state index contributed by atoms with van der Waals surface area (Å²) in [7, 11) is 0. The fourth-order valence-corrected chi connectivity index (χ4v) is 2.60. The van der Waals surface area contributed by atoms with Gasteiger partial charge in [0.1, 0.15) is 0 Å². The number of alkyl halides is 1. The summed E-state index contributed by atoms with van der Waals surface area (Å²) in [6, 6.07) is 0. The monoisotopic (exact) mass is 218 g/mol. The molecule has 14 heavy (non-hydrogen) atoms. The summed E-state index contributed by atoms with van der Waals surface area (Å²) >= 11 is 6.31. The van der Waals surface area contributed by atoms with E-state index in [1.807, 2.05) is 0 Å². The van der Waals surface area contributed by atoms with Crippen LogP contribution in [-0.4, -0.2) is 18.6 Å². The van der Waals surface area contributed by atoms with Crippen LogP contribution in [0.1, 0.15) is 46.0 Å². The smallest absolute Gasteiger partial charge is 0.0469 e. The lowest BCUT2D eigenvalue weighted by molar-refractivity contribution is 0.110. The van der Waals surface area contributed by atoms with E-state index in [0.717, 1.165) is 32.0 Å². The highest BCUT2D eigenvalue weighted by atomic mass is 35.5. The third-order valence-corrected chi connectivity index (χ3v) is 3.71. The van der Waals surface area contributed by atoms with Gasteiger partial charge in [-0.25, -0.2) is 0 Å². The highest BCUT2D eigenvalue weighted by molar-refractivity contribution is 6.20. The topological polar surface area (TPSA) is 9.23 Å². The number of hydrogen-bond acceptors (Lipinski definition) is 1. The Hall–Kier alpha value is 0.250. The van der Waals surface area contributed by atoms with Crippen molar-refractivity contribution in [2.24, 2.45) is 11.8 Å². The maximum Gasteiger partial charge on any atom is 0.0469 e. The summed E-state index contributed by atoms with van der Waals surface area (Å²) in [5.74, 6) is 1.55. The molecule has 0 amide bonds. The van der Waals surface area contributed by atoms with Crippen LogP contribution in [0.25, 0.3) is 0 Å². The van der Waals surface area contributed by atoms with Gasteiger partial charge in [0.25, 0.3) is 0 Å². The molecular weight excluding hydrogens is 196 g/mol. The maximum atomic E-state index is 6.31. The predicted octanol–water partition coefficient (Wildman–Crippen LogP) is 3.85. The van der Waals surface area contributed by atoms with E-state index in [1.54, 1.807) is 0 Å². The first kappa shape index (κ1) is 12.3. The molecule has 0 bridgehead atoms. The van der Waals surface area contributed by atoms with Crippen LogP contribution in [-0.2, 0) is 4.74 Å². The molecule has 1 aliphatic carbocycles. The molecule has 0 heterocycles. The fourth-order valence-electron chi connectivity index (χ4n) is 2.24. The molecule has 0 radical (unpaired) electrons. The van der Waals surface area contributed by atoms with Gasteiger partial charge in [0.2, 0.25) is 0 Å². The second-order valence-electron chi connectivity index (χ2n) is 4.60. The molecule has 2 heteroatoms. The minimum atomic E-state index is 0.399. The Morgan fingerprint density at radius 3 is 2.79 bits per heavy atom. The van der Waals surface area contributed by atoms with Crippen molar-refractivity contribution in [3.63, 3.8) is 0 Å². The average molecular weight is 219 g/mol. The van der Waals surface area contributed by atoms with Gasteiger partial charge in [-0.1, -0.05) is 13.8 Å². The Balaban J connectivity index is 2.14. The zero-order valence-electron chi connectivity index (χ0n) is 9.47. The van der Waals surface area contributed by atoms with E-state index in [-0.39, 0.29) is 0 Å². The molecule has 0 saturated heterocycles.